The number of aliphatic carboxylic acids is 1. The largest absolute Gasteiger partial charge is 0.479 e. The van der Waals surface area contributed by atoms with Crippen LogP contribution in [-0.2, 0) is 4.79 Å². The van der Waals surface area contributed by atoms with Gasteiger partial charge in [0, 0.05) is 24.0 Å². The number of rotatable bonds is 5. The lowest BCUT2D eigenvalue weighted by Gasteiger charge is -2.28. The molecule has 1 aliphatic rings. The number of carboxylic acids is 1. The van der Waals surface area contributed by atoms with Gasteiger partial charge in [0.05, 0.1) is 0 Å². The first-order valence-corrected chi connectivity index (χ1v) is 7.85. The Hall–Kier alpha value is -1.60. The van der Waals surface area contributed by atoms with E-state index in [4.69, 9.17) is 0 Å². The van der Waals surface area contributed by atoms with Gasteiger partial charge < -0.3 is 20.2 Å². The quantitative estimate of drug-likeness (QED) is 0.866. The zero-order valence-corrected chi connectivity index (χ0v) is 13.1. The molecule has 1 fully saturated rings. The molecule has 7 heteroatoms. The van der Waals surface area contributed by atoms with Gasteiger partial charge in [-0.2, -0.15) is 0 Å². The number of nitrogens with one attached hydrogen (secondary N) is 1. The Kier molecular flexibility index (Phi) is 5.19. The molecule has 6 nitrogen and oxygen atoms in total. The van der Waals surface area contributed by atoms with E-state index in [-0.39, 0.29) is 12.1 Å². The van der Waals surface area contributed by atoms with Crippen LogP contribution in [0.15, 0.2) is 17.5 Å². The molecule has 0 saturated carbocycles. The molecule has 2 rings (SSSR count). The van der Waals surface area contributed by atoms with E-state index in [1.54, 1.807) is 17.0 Å². The molecule has 1 saturated heterocycles. The van der Waals surface area contributed by atoms with E-state index < -0.39 is 12.0 Å². The first kappa shape index (κ1) is 15.8. The maximum absolute atomic E-state index is 12.4. The lowest BCUT2D eigenvalue weighted by molar-refractivity contribution is -0.139. The first-order chi connectivity index (χ1) is 9.99. The fraction of sp³-hybridized carbons (Fsp3) is 0.571. The Morgan fingerprint density at radius 3 is 2.90 bits per heavy atom. The van der Waals surface area contributed by atoms with Crippen molar-refractivity contribution in [2.24, 2.45) is 0 Å². The molecule has 0 spiro atoms. The van der Waals surface area contributed by atoms with Gasteiger partial charge in [-0.05, 0) is 38.4 Å². The van der Waals surface area contributed by atoms with E-state index in [0.717, 1.165) is 19.4 Å². The molecule has 2 atom stereocenters. The summed E-state index contributed by atoms with van der Waals surface area (Å²) < 4.78 is 0. The molecule has 2 amide bonds. The average molecular weight is 311 g/mol. The minimum Gasteiger partial charge on any atom is -0.479 e. The van der Waals surface area contributed by atoms with Crippen molar-refractivity contribution in [1.29, 1.82) is 0 Å². The fourth-order valence-corrected chi connectivity index (χ4v) is 3.40. The summed E-state index contributed by atoms with van der Waals surface area (Å²) in [7, 11) is 3.94. The number of urea groups is 1. The molecule has 21 heavy (non-hydrogen) atoms. The minimum absolute atomic E-state index is 0.151. The van der Waals surface area contributed by atoms with Crippen LogP contribution in [-0.4, -0.2) is 60.1 Å². The predicted octanol–water partition coefficient (Wildman–Crippen LogP) is 1.61. The molecule has 0 bridgehead atoms. The van der Waals surface area contributed by atoms with Crippen molar-refractivity contribution in [3.05, 3.63) is 22.4 Å². The predicted molar refractivity (Wildman–Crippen MR) is 81.5 cm³/mol. The number of thiophene rings is 1. The Bertz CT molecular complexity index is 490. The number of likely N-dealkylation sites (N-methyl/N-ethyl adjacent to an activating group) is 1. The van der Waals surface area contributed by atoms with E-state index in [1.807, 2.05) is 24.4 Å². The second kappa shape index (κ2) is 6.91. The third-order valence-electron chi connectivity index (χ3n) is 3.56. The second-order valence-electron chi connectivity index (χ2n) is 5.49. The Morgan fingerprint density at radius 2 is 2.33 bits per heavy atom. The van der Waals surface area contributed by atoms with Crippen LogP contribution in [0.3, 0.4) is 0 Å². The summed E-state index contributed by atoms with van der Waals surface area (Å²) in [5.41, 5.74) is 0. The Labute approximate surface area is 128 Å². The van der Waals surface area contributed by atoms with Crippen molar-refractivity contribution < 1.29 is 14.7 Å². The third-order valence-corrected chi connectivity index (χ3v) is 4.49. The van der Waals surface area contributed by atoms with Crippen LogP contribution in [0.4, 0.5) is 4.79 Å². The van der Waals surface area contributed by atoms with Gasteiger partial charge in [-0.1, -0.05) is 6.07 Å². The lowest BCUT2D eigenvalue weighted by atomic mass is 10.2. The summed E-state index contributed by atoms with van der Waals surface area (Å²) in [6.07, 6.45) is 1.92. The molecule has 2 unspecified atom stereocenters. The number of carboxylic acid groups (broad SMARTS) is 1. The first-order valence-electron chi connectivity index (χ1n) is 6.97. The molecule has 1 aliphatic heterocycles. The average Bonchev–Trinajstić information content (AvgIpc) is 3.05. The van der Waals surface area contributed by atoms with Gasteiger partial charge >= 0.3 is 12.0 Å². The number of hydrogen-bond donors (Lipinski definition) is 2. The number of carbonyl (C=O) groups is 2. The molecular formula is C14H21N3O3S. The zero-order chi connectivity index (χ0) is 15.4. The van der Waals surface area contributed by atoms with E-state index >= 15 is 0 Å². The summed E-state index contributed by atoms with van der Waals surface area (Å²) in [4.78, 5) is 28.2. The van der Waals surface area contributed by atoms with Crippen LogP contribution in [0, 0.1) is 0 Å². The molecule has 0 aliphatic carbocycles. The smallest absolute Gasteiger partial charge is 0.331 e. The number of nitrogens with zero attached hydrogens (tertiary/aromatic N) is 2. The molecule has 116 valence electrons. The van der Waals surface area contributed by atoms with Crippen LogP contribution >= 0.6 is 11.3 Å². The van der Waals surface area contributed by atoms with Crippen molar-refractivity contribution in [3.8, 4) is 0 Å². The van der Waals surface area contributed by atoms with E-state index in [0.29, 0.717) is 11.4 Å². The number of amides is 2. The van der Waals surface area contributed by atoms with Gasteiger partial charge in [0.25, 0.3) is 0 Å². The van der Waals surface area contributed by atoms with Crippen molar-refractivity contribution in [1.82, 2.24) is 15.1 Å². The SMILES string of the molecule is CN(C)CC1CCCN1C(=O)NC(C(=O)O)c1cccs1. The van der Waals surface area contributed by atoms with Crippen LogP contribution < -0.4 is 5.32 Å². The third kappa shape index (κ3) is 3.95. The van der Waals surface area contributed by atoms with Crippen LogP contribution in [0.25, 0.3) is 0 Å². The standard InChI is InChI=1S/C14H21N3O3S/c1-16(2)9-10-5-3-7-17(10)14(20)15-12(13(18)19)11-6-4-8-21-11/h4,6,8,10,12H,3,5,7,9H2,1-2H3,(H,15,20)(H,18,19). The van der Waals surface area contributed by atoms with Gasteiger partial charge in [0.1, 0.15) is 0 Å². The minimum atomic E-state index is -1.03. The normalized spacial score (nSPS) is 19.8. The Balaban J connectivity index is 2.03. The molecule has 0 radical (unpaired) electrons. The molecule has 0 aromatic carbocycles. The van der Waals surface area contributed by atoms with E-state index in [1.165, 1.54) is 11.3 Å². The summed E-state index contributed by atoms with van der Waals surface area (Å²) in [6.45, 7) is 1.48. The van der Waals surface area contributed by atoms with E-state index in [9.17, 15) is 14.7 Å². The highest BCUT2D eigenvalue weighted by atomic mass is 32.1. The van der Waals surface area contributed by atoms with Gasteiger partial charge in [0.2, 0.25) is 0 Å². The van der Waals surface area contributed by atoms with Gasteiger partial charge in [-0.3, -0.25) is 0 Å². The highest BCUT2D eigenvalue weighted by Crippen LogP contribution is 2.22. The van der Waals surface area contributed by atoms with Crippen molar-refractivity contribution in [3.63, 3.8) is 0 Å². The van der Waals surface area contributed by atoms with Crippen molar-refractivity contribution >= 4 is 23.3 Å². The number of hydrogen-bond acceptors (Lipinski definition) is 4. The summed E-state index contributed by atoms with van der Waals surface area (Å²) in [5.74, 6) is -1.03. The van der Waals surface area contributed by atoms with Crippen molar-refractivity contribution in [2.75, 3.05) is 27.2 Å². The van der Waals surface area contributed by atoms with Crippen LogP contribution in [0.5, 0.6) is 0 Å². The highest BCUT2D eigenvalue weighted by Gasteiger charge is 2.32. The molecule has 1 aromatic rings. The van der Waals surface area contributed by atoms with Gasteiger partial charge in [-0.25, -0.2) is 9.59 Å². The molecule has 2 N–H and O–H groups in total. The van der Waals surface area contributed by atoms with Crippen LogP contribution in [0.1, 0.15) is 23.8 Å². The molecular weight excluding hydrogens is 290 g/mol. The zero-order valence-electron chi connectivity index (χ0n) is 12.3. The van der Waals surface area contributed by atoms with Gasteiger partial charge in [-0.15, -0.1) is 11.3 Å². The monoisotopic (exact) mass is 311 g/mol. The maximum Gasteiger partial charge on any atom is 0.331 e. The summed E-state index contributed by atoms with van der Waals surface area (Å²) in [6, 6.07) is 2.40. The fourth-order valence-electron chi connectivity index (χ4n) is 2.63. The molecule has 1 aromatic heterocycles. The topological polar surface area (TPSA) is 72.9 Å². The highest BCUT2D eigenvalue weighted by molar-refractivity contribution is 7.10. The second-order valence-corrected chi connectivity index (χ2v) is 6.47. The van der Waals surface area contributed by atoms with E-state index in [2.05, 4.69) is 5.32 Å². The van der Waals surface area contributed by atoms with Gasteiger partial charge in [0.15, 0.2) is 6.04 Å². The summed E-state index contributed by atoms with van der Waals surface area (Å²) >= 11 is 1.33. The van der Waals surface area contributed by atoms with Crippen LogP contribution in [0.2, 0.25) is 0 Å². The van der Waals surface area contributed by atoms with Crippen molar-refractivity contribution in [2.45, 2.75) is 24.9 Å². The number of likely N-dealkylation sites (tertiary alicyclic amines) is 1. The molecule has 2 heterocycles. The summed E-state index contributed by atoms with van der Waals surface area (Å²) in [5, 5.41) is 13.8. The maximum atomic E-state index is 12.4. The lowest BCUT2D eigenvalue weighted by Crippen LogP contribution is -2.48. The Morgan fingerprint density at radius 1 is 1.57 bits per heavy atom. The number of carbonyl (C=O) groups excluding carboxylic acids is 1.